The van der Waals surface area contributed by atoms with Gasteiger partial charge in [-0.1, -0.05) is 42.0 Å². The van der Waals surface area contributed by atoms with Crippen molar-refractivity contribution in [2.75, 3.05) is 19.6 Å². The zero-order chi connectivity index (χ0) is 18.9. The molecule has 0 heterocycles. The van der Waals surface area contributed by atoms with Gasteiger partial charge in [0.25, 0.3) is 0 Å². The van der Waals surface area contributed by atoms with Crippen LogP contribution in [-0.2, 0) is 6.42 Å². The number of hydrogen-bond acceptors (Lipinski definition) is 3. The number of aliphatic hydroxyl groups excluding tert-OH is 1. The van der Waals surface area contributed by atoms with Gasteiger partial charge >= 0.3 is 6.03 Å². The summed E-state index contributed by atoms with van der Waals surface area (Å²) in [6.45, 7) is 5.22. The lowest BCUT2D eigenvalue weighted by atomic mass is 10.1. The molecular formula is C21H28N2O3. The fourth-order valence-electron chi connectivity index (χ4n) is 2.87. The number of aryl methyl sites for hydroxylation is 2. The first-order valence-electron chi connectivity index (χ1n) is 9.05. The van der Waals surface area contributed by atoms with E-state index in [1.165, 1.54) is 17.2 Å². The number of amides is 2. The molecule has 0 aliphatic carbocycles. The number of phenolic OH excluding ortho intramolecular Hbond substituents is 1. The Morgan fingerprint density at radius 2 is 1.96 bits per heavy atom. The summed E-state index contributed by atoms with van der Waals surface area (Å²) in [7, 11) is 0. The highest BCUT2D eigenvalue weighted by Gasteiger charge is 2.17. The van der Waals surface area contributed by atoms with E-state index in [1.54, 1.807) is 23.1 Å². The van der Waals surface area contributed by atoms with E-state index in [0.29, 0.717) is 18.7 Å². The molecule has 0 saturated carbocycles. The zero-order valence-corrected chi connectivity index (χ0v) is 15.5. The summed E-state index contributed by atoms with van der Waals surface area (Å²) in [6, 6.07) is 14.7. The molecule has 2 aromatic carbocycles. The highest BCUT2D eigenvalue weighted by molar-refractivity contribution is 5.74. The monoisotopic (exact) mass is 356 g/mol. The van der Waals surface area contributed by atoms with Crippen molar-refractivity contribution in [3.8, 4) is 5.75 Å². The summed E-state index contributed by atoms with van der Waals surface area (Å²) >= 11 is 0. The SMILES string of the molecule is CCN(C[C@H](O)c1cccc(O)c1)C(=O)NCCCc1cccc(C)c1. The number of urea groups is 1. The van der Waals surface area contributed by atoms with E-state index < -0.39 is 6.10 Å². The van der Waals surface area contributed by atoms with Gasteiger partial charge in [0.15, 0.2) is 0 Å². The van der Waals surface area contributed by atoms with E-state index in [-0.39, 0.29) is 18.3 Å². The van der Waals surface area contributed by atoms with E-state index in [4.69, 9.17) is 0 Å². The Labute approximate surface area is 155 Å². The zero-order valence-electron chi connectivity index (χ0n) is 15.5. The molecule has 2 amide bonds. The van der Waals surface area contributed by atoms with Crippen molar-refractivity contribution in [2.45, 2.75) is 32.8 Å². The number of aliphatic hydroxyl groups is 1. The summed E-state index contributed by atoms with van der Waals surface area (Å²) in [5, 5.41) is 22.7. The first-order chi connectivity index (χ1) is 12.5. The van der Waals surface area contributed by atoms with Crippen LogP contribution in [0.15, 0.2) is 48.5 Å². The molecule has 0 saturated heterocycles. The molecule has 0 aliphatic heterocycles. The molecule has 3 N–H and O–H groups in total. The van der Waals surface area contributed by atoms with Crippen molar-refractivity contribution in [1.29, 1.82) is 0 Å². The minimum atomic E-state index is -0.833. The van der Waals surface area contributed by atoms with E-state index in [0.717, 1.165) is 12.8 Å². The number of nitrogens with zero attached hydrogens (tertiary/aromatic N) is 1. The second-order valence-electron chi connectivity index (χ2n) is 6.47. The van der Waals surface area contributed by atoms with E-state index in [9.17, 15) is 15.0 Å². The van der Waals surface area contributed by atoms with Crippen LogP contribution in [0.25, 0.3) is 0 Å². The molecule has 1 atom stereocenters. The van der Waals surface area contributed by atoms with E-state index in [1.807, 2.05) is 13.0 Å². The summed E-state index contributed by atoms with van der Waals surface area (Å²) in [6.07, 6.45) is 0.946. The number of nitrogens with one attached hydrogen (secondary N) is 1. The first kappa shape index (κ1) is 19.8. The molecule has 140 valence electrons. The van der Waals surface area contributed by atoms with Crippen LogP contribution in [0.3, 0.4) is 0 Å². The third-order valence-corrected chi connectivity index (χ3v) is 4.32. The Morgan fingerprint density at radius 1 is 1.19 bits per heavy atom. The smallest absolute Gasteiger partial charge is 0.317 e. The second-order valence-corrected chi connectivity index (χ2v) is 6.47. The topological polar surface area (TPSA) is 72.8 Å². The molecule has 0 radical (unpaired) electrons. The number of aromatic hydroxyl groups is 1. The van der Waals surface area contributed by atoms with Gasteiger partial charge in [0, 0.05) is 13.1 Å². The molecule has 5 nitrogen and oxygen atoms in total. The maximum absolute atomic E-state index is 12.3. The predicted octanol–water partition coefficient (Wildman–Crippen LogP) is 3.40. The average Bonchev–Trinajstić information content (AvgIpc) is 2.63. The predicted molar refractivity (Wildman–Crippen MR) is 103 cm³/mol. The molecule has 2 aromatic rings. The highest BCUT2D eigenvalue weighted by Crippen LogP contribution is 2.19. The maximum Gasteiger partial charge on any atom is 0.317 e. The second kappa shape index (κ2) is 9.82. The van der Waals surface area contributed by atoms with Crippen LogP contribution in [0.4, 0.5) is 4.79 Å². The third-order valence-electron chi connectivity index (χ3n) is 4.32. The van der Waals surface area contributed by atoms with E-state index >= 15 is 0 Å². The number of phenols is 1. The van der Waals surface area contributed by atoms with Crippen LogP contribution in [0.5, 0.6) is 5.75 Å². The van der Waals surface area contributed by atoms with Gasteiger partial charge in [-0.15, -0.1) is 0 Å². The number of likely N-dealkylation sites (N-methyl/N-ethyl adjacent to an activating group) is 1. The number of carbonyl (C=O) groups excluding carboxylic acids is 1. The Morgan fingerprint density at radius 3 is 2.65 bits per heavy atom. The molecule has 0 aliphatic rings. The molecule has 26 heavy (non-hydrogen) atoms. The first-order valence-corrected chi connectivity index (χ1v) is 9.05. The van der Waals surface area contributed by atoms with Crippen LogP contribution in [0, 0.1) is 6.92 Å². The van der Waals surface area contributed by atoms with Crippen LogP contribution < -0.4 is 5.32 Å². The number of benzene rings is 2. The molecule has 2 rings (SSSR count). The molecule has 0 spiro atoms. The van der Waals surface area contributed by atoms with Crippen molar-refractivity contribution >= 4 is 6.03 Å². The van der Waals surface area contributed by atoms with Crippen LogP contribution in [-0.4, -0.2) is 40.8 Å². The van der Waals surface area contributed by atoms with Crippen molar-refractivity contribution < 1.29 is 15.0 Å². The largest absolute Gasteiger partial charge is 0.508 e. The fourth-order valence-corrected chi connectivity index (χ4v) is 2.87. The fraction of sp³-hybridized carbons (Fsp3) is 0.381. The van der Waals surface area contributed by atoms with Gasteiger partial charge in [-0.05, 0) is 49.9 Å². The molecule has 0 bridgehead atoms. The lowest BCUT2D eigenvalue weighted by Gasteiger charge is -2.24. The number of hydrogen-bond donors (Lipinski definition) is 3. The highest BCUT2D eigenvalue weighted by atomic mass is 16.3. The molecule has 5 heteroatoms. The molecule has 0 fully saturated rings. The normalized spacial score (nSPS) is 11.8. The van der Waals surface area contributed by atoms with Gasteiger partial charge in [0.2, 0.25) is 0 Å². The quantitative estimate of drug-likeness (QED) is 0.635. The lowest BCUT2D eigenvalue weighted by Crippen LogP contribution is -2.42. The van der Waals surface area contributed by atoms with Crippen molar-refractivity contribution in [3.05, 3.63) is 65.2 Å². The van der Waals surface area contributed by atoms with Crippen LogP contribution in [0.1, 0.15) is 36.1 Å². The number of carbonyl (C=O) groups is 1. The third kappa shape index (κ3) is 6.08. The van der Waals surface area contributed by atoms with Crippen LogP contribution >= 0.6 is 0 Å². The lowest BCUT2D eigenvalue weighted by molar-refractivity contribution is 0.123. The Kier molecular flexibility index (Phi) is 7.48. The van der Waals surface area contributed by atoms with Gasteiger partial charge in [-0.25, -0.2) is 4.79 Å². The maximum atomic E-state index is 12.3. The summed E-state index contributed by atoms with van der Waals surface area (Å²) in [5.41, 5.74) is 3.10. The van der Waals surface area contributed by atoms with Gasteiger partial charge in [-0.2, -0.15) is 0 Å². The Hall–Kier alpha value is -2.53. The van der Waals surface area contributed by atoms with E-state index in [2.05, 4.69) is 30.4 Å². The summed E-state index contributed by atoms with van der Waals surface area (Å²) in [4.78, 5) is 13.9. The molecule has 0 aromatic heterocycles. The summed E-state index contributed by atoms with van der Waals surface area (Å²) in [5.74, 6) is 0.102. The Bertz CT molecular complexity index is 718. The Balaban J connectivity index is 1.78. The molecule has 0 unspecified atom stereocenters. The van der Waals surface area contributed by atoms with Crippen molar-refractivity contribution in [1.82, 2.24) is 10.2 Å². The molecular weight excluding hydrogens is 328 g/mol. The summed E-state index contributed by atoms with van der Waals surface area (Å²) < 4.78 is 0. The van der Waals surface area contributed by atoms with Gasteiger partial charge in [0.05, 0.1) is 12.6 Å². The van der Waals surface area contributed by atoms with Gasteiger partial charge in [-0.3, -0.25) is 0 Å². The van der Waals surface area contributed by atoms with Crippen LogP contribution in [0.2, 0.25) is 0 Å². The van der Waals surface area contributed by atoms with Gasteiger partial charge < -0.3 is 20.4 Å². The standard InChI is InChI=1S/C21H28N2O3/c1-3-23(15-20(25)18-10-5-11-19(24)14-18)21(26)22-12-6-9-17-8-4-7-16(2)13-17/h4-5,7-8,10-11,13-14,20,24-25H,3,6,9,12,15H2,1-2H3,(H,22,26)/t20-/m0/s1. The number of rotatable bonds is 8. The minimum Gasteiger partial charge on any atom is -0.508 e. The van der Waals surface area contributed by atoms with Gasteiger partial charge in [0.1, 0.15) is 5.75 Å². The van der Waals surface area contributed by atoms with Crippen molar-refractivity contribution in [3.63, 3.8) is 0 Å². The minimum absolute atomic E-state index is 0.102. The average molecular weight is 356 g/mol. The van der Waals surface area contributed by atoms with Crippen molar-refractivity contribution in [2.24, 2.45) is 0 Å².